The van der Waals surface area contributed by atoms with Gasteiger partial charge >= 0.3 is 11.9 Å². The normalized spacial score (nSPS) is 12.4. The fourth-order valence-corrected chi connectivity index (χ4v) is 0.928. The maximum atomic E-state index is 10.9. The van der Waals surface area contributed by atoms with Crippen LogP contribution in [-0.4, -0.2) is 42.2 Å². The summed E-state index contributed by atoms with van der Waals surface area (Å²) in [5.74, 6) is -0.925. The van der Waals surface area contributed by atoms with E-state index in [-0.39, 0.29) is 25.5 Å². The summed E-state index contributed by atoms with van der Waals surface area (Å²) in [4.78, 5) is 21.8. The summed E-state index contributed by atoms with van der Waals surface area (Å²) in [7, 11) is 0. The zero-order valence-electron chi connectivity index (χ0n) is 9.02. The SMILES string of the molecule is CCOC(=O)C[C@H](O)COC(=O)C=CCCl. The van der Waals surface area contributed by atoms with Gasteiger partial charge < -0.3 is 14.6 Å². The first-order valence-electron chi connectivity index (χ1n) is 4.83. The van der Waals surface area contributed by atoms with Crippen molar-refractivity contribution in [3.8, 4) is 0 Å². The largest absolute Gasteiger partial charge is 0.466 e. The highest BCUT2D eigenvalue weighted by atomic mass is 35.5. The van der Waals surface area contributed by atoms with Gasteiger partial charge in [0.25, 0.3) is 0 Å². The van der Waals surface area contributed by atoms with E-state index >= 15 is 0 Å². The number of allylic oxidation sites excluding steroid dienone is 1. The van der Waals surface area contributed by atoms with Crippen LogP contribution in [0.4, 0.5) is 0 Å². The Morgan fingerprint density at radius 1 is 1.44 bits per heavy atom. The number of carbonyl (C=O) groups excluding carboxylic acids is 2. The predicted molar refractivity (Wildman–Crippen MR) is 58.1 cm³/mol. The van der Waals surface area contributed by atoms with Gasteiger partial charge in [0.1, 0.15) is 6.61 Å². The first kappa shape index (κ1) is 14.9. The molecule has 0 unspecified atom stereocenters. The Kier molecular flexibility index (Phi) is 8.56. The first-order valence-corrected chi connectivity index (χ1v) is 5.36. The maximum Gasteiger partial charge on any atom is 0.330 e. The van der Waals surface area contributed by atoms with E-state index in [1.165, 1.54) is 6.08 Å². The predicted octanol–water partition coefficient (Wildman–Crippen LogP) is 0.639. The monoisotopic (exact) mass is 250 g/mol. The standard InChI is InChI=1S/C10H15ClO5/c1-2-15-10(14)6-8(12)7-16-9(13)4-3-5-11/h3-4,8,12H,2,5-7H2,1H3/t8-/m0/s1. The first-order chi connectivity index (χ1) is 7.60. The molecule has 0 heterocycles. The fourth-order valence-electron chi connectivity index (χ4n) is 0.838. The molecule has 0 radical (unpaired) electrons. The Morgan fingerprint density at radius 3 is 2.69 bits per heavy atom. The van der Waals surface area contributed by atoms with Crippen LogP contribution in [0.15, 0.2) is 12.2 Å². The van der Waals surface area contributed by atoms with Gasteiger partial charge in [-0.1, -0.05) is 6.08 Å². The molecule has 0 saturated carbocycles. The second kappa shape index (κ2) is 9.18. The molecule has 0 aromatic heterocycles. The minimum absolute atomic E-state index is 0.194. The van der Waals surface area contributed by atoms with E-state index in [0.717, 1.165) is 6.08 Å². The number of aliphatic hydroxyl groups excluding tert-OH is 1. The van der Waals surface area contributed by atoms with Gasteiger partial charge in [0.2, 0.25) is 0 Å². The van der Waals surface area contributed by atoms with E-state index in [9.17, 15) is 14.7 Å². The smallest absolute Gasteiger partial charge is 0.330 e. The average Bonchev–Trinajstić information content (AvgIpc) is 2.23. The molecule has 0 spiro atoms. The van der Waals surface area contributed by atoms with Crippen molar-refractivity contribution in [3.05, 3.63) is 12.2 Å². The molecule has 92 valence electrons. The van der Waals surface area contributed by atoms with Crippen LogP contribution < -0.4 is 0 Å². The van der Waals surface area contributed by atoms with E-state index in [0.29, 0.717) is 0 Å². The number of halogens is 1. The number of hydrogen-bond donors (Lipinski definition) is 1. The highest BCUT2D eigenvalue weighted by Crippen LogP contribution is 1.96. The van der Waals surface area contributed by atoms with Crippen LogP contribution in [0.5, 0.6) is 0 Å². The van der Waals surface area contributed by atoms with Crippen molar-refractivity contribution >= 4 is 23.5 Å². The van der Waals surface area contributed by atoms with E-state index < -0.39 is 18.0 Å². The summed E-state index contributed by atoms with van der Waals surface area (Å²) in [6, 6.07) is 0. The number of ether oxygens (including phenoxy) is 2. The summed E-state index contributed by atoms with van der Waals surface area (Å²) >= 11 is 5.31. The van der Waals surface area contributed by atoms with Crippen molar-refractivity contribution in [1.29, 1.82) is 0 Å². The van der Waals surface area contributed by atoms with Crippen LogP contribution in [0.3, 0.4) is 0 Å². The molecule has 0 fully saturated rings. The number of carbonyl (C=O) groups is 2. The van der Waals surface area contributed by atoms with Gasteiger partial charge in [0, 0.05) is 12.0 Å². The lowest BCUT2D eigenvalue weighted by atomic mass is 10.3. The van der Waals surface area contributed by atoms with Crippen molar-refractivity contribution in [2.24, 2.45) is 0 Å². The highest BCUT2D eigenvalue weighted by molar-refractivity contribution is 6.19. The maximum absolute atomic E-state index is 10.9. The number of rotatable bonds is 7. The summed E-state index contributed by atoms with van der Waals surface area (Å²) in [5.41, 5.74) is 0. The Hall–Kier alpha value is -1.07. The van der Waals surface area contributed by atoms with Gasteiger partial charge in [0.05, 0.1) is 19.1 Å². The molecule has 0 rings (SSSR count). The van der Waals surface area contributed by atoms with Crippen LogP contribution >= 0.6 is 11.6 Å². The molecule has 0 aromatic rings. The van der Waals surface area contributed by atoms with Crippen LogP contribution in [0.25, 0.3) is 0 Å². The molecule has 0 bridgehead atoms. The van der Waals surface area contributed by atoms with Crippen molar-refractivity contribution in [2.45, 2.75) is 19.4 Å². The number of aliphatic hydroxyl groups is 1. The lowest BCUT2D eigenvalue weighted by Crippen LogP contribution is -2.22. The Bertz CT molecular complexity index is 252. The molecular formula is C10H15ClO5. The average molecular weight is 251 g/mol. The molecule has 0 aliphatic rings. The number of alkyl halides is 1. The summed E-state index contributed by atoms with van der Waals surface area (Å²) in [6.45, 7) is 1.68. The Labute approximate surface area is 99.0 Å². The highest BCUT2D eigenvalue weighted by Gasteiger charge is 2.13. The van der Waals surface area contributed by atoms with Crippen molar-refractivity contribution < 1.29 is 24.2 Å². The quantitative estimate of drug-likeness (QED) is 0.408. The van der Waals surface area contributed by atoms with E-state index in [1.54, 1.807) is 6.92 Å². The third kappa shape index (κ3) is 8.26. The molecule has 0 aromatic carbocycles. The molecule has 16 heavy (non-hydrogen) atoms. The molecular weight excluding hydrogens is 236 g/mol. The third-order valence-electron chi connectivity index (χ3n) is 1.47. The van der Waals surface area contributed by atoms with Gasteiger partial charge in [-0.2, -0.15) is 0 Å². The second-order valence-corrected chi connectivity index (χ2v) is 3.16. The van der Waals surface area contributed by atoms with Gasteiger partial charge in [-0.3, -0.25) is 4.79 Å². The van der Waals surface area contributed by atoms with Crippen molar-refractivity contribution in [2.75, 3.05) is 19.1 Å². The molecule has 0 aliphatic carbocycles. The lowest BCUT2D eigenvalue weighted by molar-refractivity contribution is -0.149. The zero-order valence-corrected chi connectivity index (χ0v) is 9.77. The topological polar surface area (TPSA) is 72.8 Å². The second-order valence-electron chi connectivity index (χ2n) is 2.85. The minimum Gasteiger partial charge on any atom is -0.466 e. The number of esters is 2. The Balaban J connectivity index is 3.72. The lowest BCUT2D eigenvalue weighted by Gasteiger charge is -2.09. The van der Waals surface area contributed by atoms with Crippen LogP contribution in [0.1, 0.15) is 13.3 Å². The van der Waals surface area contributed by atoms with Crippen LogP contribution in [0, 0.1) is 0 Å². The fraction of sp³-hybridized carbons (Fsp3) is 0.600. The third-order valence-corrected chi connectivity index (χ3v) is 1.65. The number of hydrogen-bond acceptors (Lipinski definition) is 5. The zero-order chi connectivity index (χ0) is 12.4. The summed E-state index contributed by atoms with van der Waals surface area (Å²) in [6.07, 6.45) is 1.33. The minimum atomic E-state index is -1.05. The van der Waals surface area contributed by atoms with Gasteiger partial charge in [-0.15, -0.1) is 11.6 Å². The molecule has 5 nitrogen and oxygen atoms in total. The molecule has 1 atom stereocenters. The van der Waals surface area contributed by atoms with E-state index in [2.05, 4.69) is 9.47 Å². The van der Waals surface area contributed by atoms with Gasteiger partial charge in [-0.05, 0) is 6.92 Å². The Morgan fingerprint density at radius 2 is 2.12 bits per heavy atom. The summed E-state index contributed by atoms with van der Waals surface area (Å²) in [5, 5.41) is 9.29. The summed E-state index contributed by atoms with van der Waals surface area (Å²) < 4.78 is 9.26. The molecule has 0 saturated heterocycles. The van der Waals surface area contributed by atoms with E-state index in [1.807, 2.05) is 0 Å². The van der Waals surface area contributed by atoms with Crippen molar-refractivity contribution in [3.63, 3.8) is 0 Å². The molecule has 1 N–H and O–H groups in total. The van der Waals surface area contributed by atoms with Crippen LogP contribution in [-0.2, 0) is 19.1 Å². The van der Waals surface area contributed by atoms with Crippen molar-refractivity contribution in [1.82, 2.24) is 0 Å². The molecule has 0 aliphatic heterocycles. The van der Waals surface area contributed by atoms with Gasteiger partial charge in [0.15, 0.2) is 0 Å². The van der Waals surface area contributed by atoms with Gasteiger partial charge in [-0.25, -0.2) is 4.79 Å². The molecule has 6 heteroatoms. The van der Waals surface area contributed by atoms with E-state index in [4.69, 9.17) is 11.6 Å². The molecule has 0 amide bonds. The van der Waals surface area contributed by atoms with Crippen LogP contribution in [0.2, 0.25) is 0 Å².